The van der Waals surface area contributed by atoms with E-state index in [9.17, 15) is 14.7 Å². The van der Waals surface area contributed by atoms with Crippen LogP contribution in [0.4, 0.5) is 0 Å². The zero-order valence-corrected chi connectivity index (χ0v) is 16.7. The molecule has 0 bridgehead atoms. The molecule has 6 nitrogen and oxygen atoms in total. The van der Waals surface area contributed by atoms with Crippen LogP contribution in [-0.4, -0.2) is 44.8 Å². The van der Waals surface area contributed by atoms with Crippen molar-refractivity contribution in [3.8, 4) is 0 Å². The second-order valence-corrected chi connectivity index (χ2v) is 7.60. The van der Waals surface area contributed by atoms with E-state index in [4.69, 9.17) is 0 Å². The van der Waals surface area contributed by atoms with E-state index in [1.54, 1.807) is 11.6 Å². The van der Waals surface area contributed by atoms with Gasteiger partial charge in [0, 0.05) is 13.1 Å². The number of aromatic carboxylic acids is 1. The number of unbranched alkanes of at least 4 members (excludes halogenated alkanes) is 1. The van der Waals surface area contributed by atoms with E-state index < -0.39 is 5.97 Å². The number of piperidine rings is 1. The number of hydrogen-bond acceptors (Lipinski definition) is 3. The van der Waals surface area contributed by atoms with Crippen LogP contribution in [0, 0.1) is 6.92 Å². The third-order valence-corrected chi connectivity index (χ3v) is 5.64. The maximum absolute atomic E-state index is 12.7. The first-order valence-electron chi connectivity index (χ1n) is 10.1. The number of carboxylic acids is 1. The quantitative estimate of drug-likeness (QED) is 0.792. The molecule has 0 saturated carbocycles. The summed E-state index contributed by atoms with van der Waals surface area (Å²) in [6.45, 7) is 5.34. The lowest BCUT2D eigenvalue weighted by Gasteiger charge is -2.32. The Bertz CT molecular complexity index is 818. The Hall–Kier alpha value is -2.63. The first kappa shape index (κ1) is 20.1. The molecule has 1 N–H and O–H groups in total. The molecule has 0 unspecified atom stereocenters. The second-order valence-electron chi connectivity index (χ2n) is 7.60. The van der Waals surface area contributed by atoms with Gasteiger partial charge in [0.15, 0.2) is 0 Å². The molecule has 1 aliphatic heterocycles. The zero-order chi connectivity index (χ0) is 20.1. The summed E-state index contributed by atoms with van der Waals surface area (Å²) < 4.78 is 1.81. The van der Waals surface area contributed by atoms with E-state index in [0.717, 1.165) is 24.8 Å². The molecule has 0 atom stereocenters. The SMILES string of the molecule is CCCCc1ccc(CC(=O)N2CCC(n3ncc(C(=O)O)c3C)CC2)cc1. The van der Waals surface area contributed by atoms with Gasteiger partial charge in [-0.15, -0.1) is 0 Å². The van der Waals surface area contributed by atoms with Crippen LogP contribution < -0.4 is 0 Å². The number of carbonyl (C=O) groups excluding carboxylic acids is 1. The van der Waals surface area contributed by atoms with Crippen LogP contribution in [0.2, 0.25) is 0 Å². The zero-order valence-electron chi connectivity index (χ0n) is 16.7. The Morgan fingerprint density at radius 1 is 1.14 bits per heavy atom. The number of carbonyl (C=O) groups is 2. The standard InChI is InChI=1S/C22H29N3O3/c1-3-4-5-17-6-8-18(9-7-17)14-21(26)24-12-10-19(11-13-24)25-16(2)20(15-23-25)22(27)28/h6-9,15,19H,3-5,10-14H2,1-2H3,(H,27,28). The van der Waals surface area contributed by atoms with Gasteiger partial charge in [0.25, 0.3) is 0 Å². The molecular formula is C22H29N3O3. The van der Waals surface area contributed by atoms with Crippen molar-refractivity contribution in [3.63, 3.8) is 0 Å². The summed E-state index contributed by atoms with van der Waals surface area (Å²) in [5.74, 6) is -0.791. The average molecular weight is 383 g/mol. The third-order valence-electron chi connectivity index (χ3n) is 5.64. The van der Waals surface area contributed by atoms with Gasteiger partial charge in [0.1, 0.15) is 5.56 Å². The molecule has 1 amide bonds. The summed E-state index contributed by atoms with van der Waals surface area (Å²) in [7, 11) is 0. The molecule has 1 aromatic heterocycles. The maximum Gasteiger partial charge on any atom is 0.339 e. The van der Waals surface area contributed by atoms with Crippen molar-refractivity contribution in [2.45, 2.75) is 58.4 Å². The van der Waals surface area contributed by atoms with Crippen molar-refractivity contribution < 1.29 is 14.7 Å². The molecular weight excluding hydrogens is 354 g/mol. The van der Waals surface area contributed by atoms with E-state index >= 15 is 0 Å². The average Bonchev–Trinajstić information content (AvgIpc) is 3.09. The minimum atomic E-state index is -0.947. The summed E-state index contributed by atoms with van der Waals surface area (Å²) in [5.41, 5.74) is 3.32. The van der Waals surface area contributed by atoms with Gasteiger partial charge in [0.2, 0.25) is 5.91 Å². The number of amides is 1. The second kappa shape index (κ2) is 9.04. The molecule has 2 aromatic rings. The van der Waals surface area contributed by atoms with E-state index in [2.05, 4.69) is 36.3 Å². The fraction of sp³-hybridized carbons (Fsp3) is 0.500. The fourth-order valence-electron chi connectivity index (χ4n) is 3.85. The van der Waals surface area contributed by atoms with E-state index in [1.165, 1.54) is 24.6 Å². The van der Waals surface area contributed by atoms with Gasteiger partial charge >= 0.3 is 5.97 Å². The molecule has 28 heavy (non-hydrogen) atoms. The Labute approximate surface area is 166 Å². The van der Waals surface area contributed by atoms with E-state index in [1.807, 2.05) is 4.90 Å². The summed E-state index contributed by atoms with van der Waals surface area (Å²) in [5, 5.41) is 13.4. The minimum absolute atomic E-state index is 0.148. The van der Waals surface area contributed by atoms with Crippen molar-refractivity contribution in [2.24, 2.45) is 0 Å². The van der Waals surface area contributed by atoms with Gasteiger partial charge in [-0.2, -0.15) is 5.10 Å². The van der Waals surface area contributed by atoms with Gasteiger partial charge in [-0.25, -0.2) is 4.79 Å². The molecule has 3 rings (SSSR count). The highest BCUT2D eigenvalue weighted by Gasteiger charge is 2.26. The van der Waals surface area contributed by atoms with Crippen LogP contribution in [0.5, 0.6) is 0 Å². The lowest BCUT2D eigenvalue weighted by Crippen LogP contribution is -2.40. The number of aryl methyl sites for hydroxylation is 1. The van der Waals surface area contributed by atoms with Gasteiger partial charge in [-0.1, -0.05) is 37.6 Å². The Kier molecular flexibility index (Phi) is 6.49. The van der Waals surface area contributed by atoms with E-state index in [-0.39, 0.29) is 17.5 Å². The monoisotopic (exact) mass is 383 g/mol. The van der Waals surface area contributed by atoms with Crippen LogP contribution in [0.25, 0.3) is 0 Å². The highest BCUT2D eigenvalue weighted by molar-refractivity contribution is 5.88. The molecule has 1 saturated heterocycles. The predicted octanol–water partition coefficient (Wildman–Crippen LogP) is 3.64. The molecule has 0 aliphatic carbocycles. The largest absolute Gasteiger partial charge is 0.478 e. The number of likely N-dealkylation sites (tertiary alicyclic amines) is 1. The normalized spacial score (nSPS) is 15.0. The number of carboxylic acid groups (broad SMARTS) is 1. The number of aromatic nitrogens is 2. The molecule has 1 aromatic carbocycles. The van der Waals surface area contributed by atoms with Crippen molar-refractivity contribution in [1.29, 1.82) is 0 Å². The lowest BCUT2D eigenvalue weighted by molar-refractivity contribution is -0.131. The molecule has 2 heterocycles. The van der Waals surface area contributed by atoms with Crippen molar-refractivity contribution in [1.82, 2.24) is 14.7 Å². The lowest BCUT2D eigenvalue weighted by atomic mass is 10.0. The Morgan fingerprint density at radius 2 is 1.79 bits per heavy atom. The smallest absolute Gasteiger partial charge is 0.339 e. The molecule has 0 radical (unpaired) electrons. The highest BCUT2D eigenvalue weighted by Crippen LogP contribution is 2.25. The molecule has 6 heteroatoms. The summed E-state index contributed by atoms with van der Waals surface area (Å²) >= 11 is 0. The first-order valence-corrected chi connectivity index (χ1v) is 10.1. The first-order chi connectivity index (χ1) is 13.5. The van der Waals surface area contributed by atoms with Crippen LogP contribution >= 0.6 is 0 Å². The number of rotatable bonds is 7. The number of hydrogen-bond donors (Lipinski definition) is 1. The Morgan fingerprint density at radius 3 is 2.36 bits per heavy atom. The van der Waals surface area contributed by atoms with Crippen LogP contribution in [-0.2, 0) is 17.6 Å². The Balaban J connectivity index is 1.53. The van der Waals surface area contributed by atoms with Gasteiger partial charge in [-0.05, 0) is 43.7 Å². The van der Waals surface area contributed by atoms with Gasteiger partial charge in [-0.3, -0.25) is 9.48 Å². The molecule has 1 aliphatic rings. The van der Waals surface area contributed by atoms with Crippen molar-refractivity contribution in [3.05, 3.63) is 52.8 Å². The van der Waals surface area contributed by atoms with Gasteiger partial charge < -0.3 is 10.0 Å². The highest BCUT2D eigenvalue weighted by atomic mass is 16.4. The van der Waals surface area contributed by atoms with Crippen LogP contribution in [0.15, 0.2) is 30.5 Å². The van der Waals surface area contributed by atoms with Gasteiger partial charge in [0.05, 0.1) is 24.4 Å². The topological polar surface area (TPSA) is 75.4 Å². The van der Waals surface area contributed by atoms with Crippen LogP contribution in [0.1, 0.15) is 65.8 Å². The summed E-state index contributed by atoms with van der Waals surface area (Å²) in [6.07, 6.45) is 6.91. The molecule has 1 fully saturated rings. The van der Waals surface area contributed by atoms with E-state index in [0.29, 0.717) is 25.2 Å². The van der Waals surface area contributed by atoms with Crippen molar-refractivity contribution >= 4 is 11.9 Å². The summed E-state index contributed by atoms with van der Waals surface area (Å²) in [6, 6.07) is 8.54. The molecule has 0 spiro atoms. The molecule has 150 valence electrons. The number of nitrogens with zero attached hydrogens (tertiary/aromatic N) is 3. The maximum atomic E-state index is 12.7. The van der Waals surface area contributed by atoms with Crippen LogP contribution in [0.3, 0.4) is 0 Å². The minimum Gasteiger partial charge on any atom is -0.478 e. The number of benzene rings is 1. The van der Waals surface area contributed by atoms with Crippen molar-refractivity contribution in [2.75, 3.05) is 13.1 Å². The fourth-order valence-corrected chi connectivity index (χ4v) is 3.85. The third kappa shape index (κ3) is 4.61. The summed E-state index contributed by atoms with van der Waals surface area (Å²) in [4.78, 5) is 25.8. The predicted molar refractivity (Wildman–Crippen MR) is 108 cm³/mol.